The maximum atomic E-state index is 13.6. The van der Waals surface area contributed by atoms with Crippen molar-refractivity contribution < 1.29 is 13.5 Å². The van der Waals surface area contributed by atoms with E-state index in [-0.39, 0.29) is 5.75 Å². The van der Waals surface area contributed by atoms with Gasteiger partial charge in [0.2, 0.25) is 5.82 Å². The third-order valence-corrected chi connectivity index (χ3v) is 3.04. The summed E-state index contributed by atoms with van der Waals surface area (Å²) in [6, 6.07) is 9.02. The molecule has 0 heterocycles. The SMILES string of the molecule is CCNCc1cccc(Cl)c1Oc1cccc(F)c1F. The second-order valence-electron chi connectivity index (χ2n) is 4.16. The second-order valence-corrected chi connectivity index (χ2v) is 4.57. The largest absolute Gasteiger partial charge is 0.452 e. The Hall–Kier alpha value is -1.65. The highest BCUT2D eigenvalue weighted by Gasteiger charge is 2.14. The van der Waals surface area contributed by atoms with E-state index in [4.69, 9.17) is 16.3 Å². The lowest BCUT2D eigenvalue weighted by atomic mass is 10.2. The Bertz CT molecular complexity index is 604. The molecule has 0 aromatic heterocycles. The summed E-state index contributed by atoms with van der Waals surface area (Å²) in [4.78, 5) is 0. The fourth-order valence-electron chi connectivity index (χ4n) is 1.74. The van der Waals surface area contributed by atoms with E-state index in [9.17, 15) is 8.78 Å². The number of nitrogens with one attached hydrogen (secondary N) is 1. The van der Waals surface area contributed by atoms with Crippen LogP contribution < -0.4 is 10.1 Å². The van der Waals surface area contributed by atoms with Gasteiger partial charge in [0.05, 0.1) is 5.02 Å². The molecule has 0 saturated carbocycles. The van der Waals surface area contributed by atoms with Gasteiger partial charge < -0.3 is 10.1 Å². The Kier molecular flexibility index (Phi) is 4.93. The second kappa shape index (κ2) is 6.68. The number of hydrogen-bond donors (Lipinski definition) is 1. The summed E-state index contributed by atoms with van der Waals surface area (Å²) in [6.07, 6.45) is 0. The van der Waals surface area contributed by atoms with Crippen LogP contribution in [-0.2, 0) is 6.54 Å². The molecule has 0 aliphatic carbocycles. The van der Waals surface area contributed by atoms with E-state index in [2.05, 4.69) is 5.32 Å². The summed E-state index contributed by atoms with van der Waals surface area (Å²) in [5.41, 5.74) is 0.781. The Balaban J connectivity index is 2.34. The molecule has 1 N–H and O–H groups in total. The van der Waals surface area contributed by atoms with Gasteiger partial charge in [-0.3, -0.25) is 0 Å². The predicted molar refractivity (Wildman–Crippen MR) is 75.3 cm³/mol. The molecule has 0 radical (unpaired) electrons. The van der Waals surface area contributed by atoms with Crippen LogP contribution in [0, 0.1) is 11.6 Å². The summed E-state index contributed by atoms with van der Waals surface area (Å²) in [7, 11) is 0. The van der Waals surface area contributed by atoms with Crippen molar-refractivity contribution in [1.82, 2.24) is 5.32 Å². The summed E-state index contributed by atoms with van der Waals surface area (Å²) < 4.78 is 32.3. The molecule has 0 atom stereocenters. The van der Waals surface area contributed by atoms with Gasteiger partial charge in [0.15, 0.2) is 17.3 Å². The molecule has 2 rings (SSSR count). The molecule has 2 aromatic rings. The molecular weight excluding hydrogens is 284 g/mol. The van der Waals surface area contributed by atoms with Crippen LogP contribution in [0.25, 0.3) is 0 Å². The normalized spacial score (nSPS) is 10.6. The number of rotatable bonds is 5. The minimum atomic E-state index is -1.03. The van der Waals surface area contributed by atoms with Gasteiger partial charge in [-0.2, -0.15) is 4.39 Å². The van der Waals surface area contributed by atoms with Crippen molar-refractivity contribution in [3.8, 4) is 11.5 Å². The van der Waals surface area contributed by atoms with Gasteiger partial charge in [-0.15, -0.1) is 0 Å². The van der Waals surface area contributed by atoms with E-state index < -0.39 is 11.6 Å². The van der Waals surface area contributed by atoms with Crippen LogP contribution >= 0.6 is 11.6 Å². The van der Waals surface area contributed by atoms with Crippen LogP contribution in [0.15, 0.2) is 36.4 Å². The molecule has 2 nitrogen and oxygen atoms in total. The van der Waals surface area contributed by atoms with Crippen LogP contribution in [0.5, 0.6) is 11.5 Å². The van der Waals surface area contributed by atoms with Crippen LogP contribution in [0.2, 0.25) is 5.02 Å². The van der Waals surface area contributed by atoms with E-state index in [1.165, 1.54) is 12.1 Å². The van der Waals surface area contributed by atoms with E-state index in [1.54, 1.807) is 12.1 Å². The summed E-state index contributed by atoms with van der Waals surface area (Å²) in [5.74, 6) is -1.83. The fourth-order valence-corrected chi connectivity index (χ4v) is 1.97. The van der Waals surface area contributed by atoms with Crippen LogP contribution in [-0.4, -0.2) is 6.54 Å². The molecule has 0 fully saturated rings. The molecule has 2 aromatic carbocycles. The topological polar surface area (TPSA) is 21.3 Å². The highest BCUT2D eigenvalue weighted by Crippen LogP contribution is 2.34. The maximum absolute atomic E-state index is 13.6. The lowest BCUT2D eigenvalue weighted by Gasteiger charge is -2.13. The van der Waals surface area contributed by atoms with Gasteiger partial charge in [0.25, 0.3) is 0 Å². The van der Waals surface area contributed by atoms with Gasteiger partial charge in [-0.25, -0.2) is 4.39 Å². The van der Waals surface area contributed by atoms with Crippen molar-refractivity contribution in [2.45, 2.75) is 13.5 Å². The lowest BCUT2D eigenvalue weighted by molar-refractivity contribution is 0.412. The standard InChI is InChI=1S/C15H14ClF2NO/c1-2-19-9-10-5-3-6-11(16)15(10)20-13-8-4-7-12(17)14(13)18/h3-8,19H,2,9H2,1H3. The van der Waals surface area contributed by atoms with Gasteiger partial charge in [-0.1, -0.05) is 36.7 Å². The number of benzene rings is 2. The van der Waals surface area contributed by atoms with Gasteiger partial charge in [0.1, 0.15) is 0 Å². The number of hydrogen-bond acceptors (Lipinski definition) is 2. The van der Waals surface area contributed by atoms with Gasteiger partial charge in [-0.05, 0) is 24.7 Å². The average Bonchev–Trinajstić information content (AvgIpc) is 2.44. The fraction of sp³-hybridized carbons (Fsp3) is 0.200. The summed E-state index contributed by atoms with van der Waals surface area (Å²) >= 11 is 6.08. The Labute approximate surface area is 121 Å². The Morgan fingerprint density at radius 2 is 1.90 bits per heavy atom. The molecule has 0 bridgehead atoms. The lowest BCUT2D eigenvalue weighted by Crippen LogP contribution is -2.12. The van der Waals surface area contributed by atoms with Crippen molar-refractivity contribution in [2.75, 3.05) is 6.54 Å². The molecule has 0 aliphatic rings. The third-order valence-electron chi connectivity index (χ3n) is 2.74. The van der Waals surface area contributed by atoms with Crippen LogP contribution in [0.3, 0.4) is 0 Å². The molecule has 0 unspecified atom stereocenters. The molecular formula is C15H14ClF2NO. The number of ether oxygens (including phenoxy) is 1. The zero-order valence-corrected chi connectivity index (χ0v) is 11.7. The number of halogens is 3. The van der Waals surface area contributed by atoms with E-state index in [1.807, 2.05) is 13.0 Å². The third kappa shape index (κ3) is 3.26. The maximum Gasteiger partial charge on any atom is 0.201 e. The summed E-state index contributed by atoms with van der Waals surface area (Å²) in [5, 5.41) is 3.49. The zero-order chi connectivity index (χ0) is 14.5. The van der Waals surface area contributed by atoms with Gasteiger partial charge >= 0.3 is 0 Å². The Morgan fingerprint density at radius 1 is 1.15 bits per heavy atom. The van der Waals surface area contributed by atoms with Crippen molar-refractivity contribution >= 4 is 11.6 Å². The Morgan fingerprint density at radius 3 is 2.65 bits per heavy atom. The van der Waals surface area contributed by atoms with Gasteiger partial charge in [0, 0.05) is 12.1 Å². The minimum absolute atomic E-state index is 0.184. The zero-order valence-electron chi connectivity index (χ0n) is 10.9. The molecule has 20 heavy (non-hydrogen) atoms. The number of para-hydroxylation sites is 1. The molecule has 0 spiro atoms. The van der Waals surface area contributed by atoms with E-state index in [0.717, 1.165) is 18.2 Å². The van der Waals surface area contributed by atoms with Crippen molar-refractivity contribution in [3.63, 3.8) is 0 Å². The monoisotopic (exact) mass is 297 g/mol. The van der Waals surface area contributed by atoms with Crippen LogP contribution in [0.1, 0.15) is 12.5 Å². The summed E-state index contributed by atoms with van der Waals surface area (Å²) in [6.45, 7) is 3.28. The predicted octanol–water partition coefficient (Wildman–Crippen LogP) is 4.52. The highest BCUT2D eigenvalue weighted by atomic mass is 35.5. The first kappa shape index (κ1) is 14.8. The van der Waals surface area contributed by atoms with Crippen molar-refractivity contribution in [3.05, 3.63) is 58.6 Å². The highest BCUT2D eigenvalue weighted by molar-refractivity contribution is 6.32. The van der Waals surface area contributed by atoms with E-state index >= 15 is 0 Å². The van der Waals surface area contributed by atoms with E-state index in [0.29, 0.717) is 17.3 Å². The first-order valence-corrected chi connectivity index (χ1v) is 6.61. The smallest absolute Gasteiger partial charge is 0.201 e. The molecule has 106 valence electrons. The average molecular weight is 298 g/mol. The quantitative estimate of drug-likeness (QED) is 0.876. The minimum Gasteiger partial charge on any atom is -0.452 e. The first-order chi connectivity index (χ1) is 9.63. The molecule has 0 aliphatic heterocycles. The first-order valence-electron chi connectivity index (χ1n) is 6.23. The van der Waals surface area contributed by atoms with Crippen molar-refractivity contribution in [1.29, 1.82) is 0 Å². The molecule has 0 amide bonds. The van der Waals surface area contributed by atoms with Crippen LogP contribution in [0.4, 0.5) is 8.78 Å². The molecule has 0 saturated heterocycles. The van der Waals surface area contributed by atoms with Crippen molar-refractivity contribution in [2.24, 2.45) is 0 Å². The molecule has 5 heteroatoms.